The lowest BCUT2D eigenvalue weighted by molar-refractivity contribution is 0.0357. The fourth-order valence-corrected chi connectivity index (χ4v) is 3.41. The number of ether oxygens (including phenoxy) is 2. The summed E-state index contributed by atoms with van der Waals surface area (Å²) < 4.78 is 10.7. The molecule has 0 atom stereocenters. The first-order valence-electron chi connectivity index (χ1n) is 10.2. The van der Waals surface area contributed by atoms with Crippen molar-refractivity contribution in [3.63, 3.8) is 0 Å². The van der Waals surface area contributed by atoms with Gasteiger partial charge in [-0.2, -0.15) is 0 Å². The maximum Gasteiger partial charge on any atom is 0.169 e. The van der Waals surface area contributed by atoms with Gasteiger partial charge in [-0.15, -0.1) is 0 Å². The molecule has 5 nitrogen and oxygen atoms in total. The minimum Gasteiger partial charge on any atom is -0.497 e. The lowest BCUT2D eigenvalue weighted by Gasteiger charge is -2.31. The number of nitrogens with zero attached hydrogens (tertiary/aromatic N) is 2. The lowest BCUT2D eigenvalue weighted by Crippen LogP contribution is -2.45. The van der Waals surface area contributed by atoms with E-state index in [-0.39, 0.29) is 0 Å². The van der Waals surface area contributed by atoms with Gasteiger partial charge in [0, 0.05) is 39.3 Å². The summed E-state index contributed by atoms with van der Waals surface area (Å²) in [6, 6.07) is 8.25. The van der Waals surface area contributed by atoms with Gasteiger partial charge in [-0.05, 0) is 36.3 Å². The minimum absolute atomic E-state index is 0.815. The summed E-state index contributed by atoms with van der Waals surface area (Å²) in [6.45, 7) is 9.62. The first-order valence-corrected chi connectivity index (χ1v) is 10.6. The Labute approximate surface area is 170 Å². The fourth-order valence-electron chi connectivity index (χ4n) is 3.15. The molecule has 1 aliphatic heterocycles. The van der Waals surface area contributed by atoms with Gasteiger partial charge in [0.05, 0.1) is 20.3 Å². The molecule has 1 fully saturated rings. The van der Waals surface area contributed by atoms with E-state index in [0.717, 1.165) is 63.3 Å². The van der Waals surface area contributed by atoms with Crippen LogP contribution in [0, 0.1) is 0 Å². The highest BCUT2D eigenvalue weighted by atomic mass is 32.1. The zero-order valence-electron chi connectivity index (χ0n) is 16.9. The SMILES string of the molecule is CCCCCCNC(=S)N(CCN1CCOCC1)Cc1ccc(OC)cc1. The number of unbranched alkanes of at least 4 members (excludes halogenated alkanes) is 3. The van der Waals surface area contributed by atoms with Crippen LogP contribution in [-0.4, -0.2) is 68.0 Å². The van der Waals surface area contributed by atoms with Crippen molar-refractivity contribution >= 4 is 17.3 Å². The van der Waals surface area contributed by atoms with Gasteiger partial charge >= 0.3 is 0 Å². The second kappa shape index (κ2) is 12.9. The molecule has 1 heterocycles. The predicted octanol–water partition coefficient (Wildman–Crippen LogP) is 3.28. The van der Waals surface area contributed by atoms with Gasteiger partial charge in [0.2, 0.25) is 0 Å². The smallest absolute Gasteiger partial charge is 0.169 e. The zero-order chi connectivity index (χ0) is 19.3. The summed E-state index contributed by atoms with van der Waals surface area (Å²) in [7, 11) is 1.70. The normalized spacial score (nSPS) is 14.7. The van der Waals surface area contributed by atoms with E-state index in [1.807, 2.05) is 12.1 Å². The maximum absolute atomic E-state index is 5.71. The van der Waals surface area contributed by atoms with E-state index in [0.29, 0.717) is 0 Å². The number of benzene rings is 1. The Kier molecular flexibility index (Phi) is 10.5. The minimum atomic E-state index is 0.815. The van der Waals surface area contributed by atoms with Gasteiger partial charge in [0.1, 0.15) is 5.75 Å². The van der Waals surface area contributed by atoms with Gasteiger partial charge in [-0.3, -0.25) is 4.90 Å². The van der Waals surface area contributed by atoms with E-state index >= 15 is 0 Å². The molecule has 1 aromatic carbocycles. The van der Waals surface area contributed by atoms with Crippen LogP contribution < -0.4 is 10.1 Å². The second-order valence-electron chi connectivity index (χ2n) is 7.02. The lowest BCUT2D eigenvalue weighted by atomic mass is 10.2. The van der Waals surface area contributed by atoms with Crippen molar-refractivity contribution in [3.8, 4) is 5.75 Å². The van der Waals surface area contributed by atoms with Gasteiger partial charge in [0.25, 0.3) is 0 Å². The quantitative estimate of drug-likeness (QED) is 0.459. The molecular weight excluding hydrogens is 358 g/mol. The number of morpholine rings is 1. The third-order valence-electron chi connectivity index (χ3n) is 4.92. The second-order valence-corrected chi connectivity index (χ2v) is 7.40. The first kappa shape index (κ1) is 21.9. The Balaban J connectivity index is 1.88. The van der Waals surface area contributed by atoms with Gasteiger partial charge in [-0.25, -0.2) is 0 Å². The van der Waals surface area contributed by atoms with Gasteiger partial charge < -0.3 is 19.7 Å². The van der Waals surface area contributed by atoms with Gasteiger partial charge in [-0.1, -0.05) is 38.3 Å². The highest BCUT2D eigenvalue weighted by Crippen LogP contribution is 2.13. The standard InChI is InChI=1S/C21H35N3O2S/c1-3-4-5-6-11-22-21(27)24(13-12-23-14-16-26-17-15-23)18-19-7-9-20(25-2)10-8-19/h7-10H,3-6,11-18H2,1-2H3,(H,22,27). The van der Waals surface area contributed by atoms with E-state index < -0.39 is 0 Å². The van der Waals surface area contributed by atoms with E-state index in [2.05, 4.69) is 34.2 Å². The number of hydrogen-bond acceptors (Lipinski definition) is 4. The van der Waals surface area contributed by atoms with Crippen LogP contribution in [0.5, 0.6) is 5.75 Å². The molecular formula is C21H35N3O2S. The van der Waals surface area contributed by atoms with E-state index in [1.165, 1.54) is 31.2 Å². The van der Waals surface area contributed by atoms with Gasteiger partial charge in [0.15, 0.2) is 5.11 Å². The highest BCUT2D eigenvalue weighted by Gasteiger charge is 2.15. The molecule has 2 rings (SSSR count). The molecule has 0 aliphatic carbocycles. The summed E-state index contributed by atoms with van der Waals surface area (Å²) >= 11 is 5.71. The molecule has 1 N–H and O–H groups in total. The molecule has 0 amide bonds. The van der Waals surface area contributed by atoms with E-state index in [4.69, 9.17) is 21.7 Å². The Hall–Kier alpha value is -1.37. The number of hydrogen-bond donors (Lipinski definition) is 1. The summed E-state index contributed by atoms with van der Waals surface area (Å²) in [5.74, 6) is 0.884. The summed E-state index contributed by atoms with van der Waals surface area (Å²) in [4.78, 5) is 4.74. The summed E-state index contributed by atoms with van der Waals surface area (Å²) in [5, 5.41) is 4.32. The largest absolute Gasteiger partial charge is 0.497 e. The van der Waals surface area contributed by atoms with Crippen molar-refractivity contribution in [2.45, 2.75) is 39.2 Å². The van der Waals surface area contributed by atoms with Crippen molar-refractivity contribution in [1.82, 2.24) is 15.1 Å². The van der Waals surface area contributed by atoms with Crippen molar-refractivity contribution in [1.29, 1.82) is 0 Å². The molecule has 0 bridgehead atoms. The van der Waals surface area contributed by atoms with Crippen molar-refractivity contribution in [3.05, 3.63) is 29.8 Å². The molecule has 1 saturated heterocycles. The molecule has 0 unspecified atom stereocenters. The molecule has 0 aromatic heterocycles. The van der Waals surface area contributed by atoms with Crippen LogP contribution in [0.3, 0.4) is 0 Å². The molecule has 1 aliphatic rings. The summed E-state index contributed by atoms with van der Waals surface area (Å²) in [6.07, 6.45) is 4.99. The van der Waals surface area contributed by atoms with Crippen LogP contribution in [0.4, 0.5) is 0 Å². The van der Waals surface area contributed by atoms with E-state index in [9.17, 15) is 0 Å². The van der Waals surface area contributed by atoms with E-state index in [1.54, 1.807) is 7.11 Å². The fraction of sp³-hybridized carbons (Fsp3) is 0.667. The topological polar surface area (TPSA) is 37.0 Å². The average Bonchev–Trinajstić information content (AvgIpc) is 2.72. The Morgan fingerprint density at radius 2 is 1.93 bits per heavy atom. The number of nitrogens with one attached hydrogen (secondary N) is 1. The number of thiocarbonyl (C=S) groups is 1. The summed E-state index contributed by atoms with van der Waals surface area (Å²) in [5.41, 5.74) is 1.24. The maximum atomic E-state index is 5.71. The Bertz CT molecular complexity index is 533. The number of methoxy groups -OCH3 is 1. The Morgan fingerprint density at radius 1 is 1.19 bits per heavy atom. The van der Waals surface area contributed by atoms with Crippen molar-refractivity contribution in [2.24, 2.45) is 0 Å². The molecule has 1 aromatic rings. The van der Waals surface area contributed by atoms with Crippen LogP contribution in [0.2, 0.25) is 0 Å². The third-order valence-corrected chi connectivity index (χ3v) is 5.32. The first-order chi connectivity index (χ1) is 13.2. The molecule has 0 spiro atoms. The predicted molar refractivity (Wildman–Crippen MR) is 115 cm³/mol. The zero-order valence-corrected chi connectivity index (χ0v) is 17.7. The molecule has 27 heavy (non-hydrogen) atoms. The van der Waals surface area contributed by atoms with Crippen LogP contribution in [0.15, 0.2) is 24.3 Å². The molecule has 0 saturated carbocycles. The van der Waals surface area contributed by atoms with Crippen LogP contribution in [0.1, 0.15) is 38.2 Å². The Morgan fingerprint density at radius 3 is 2.59 bits per heavy atom. The molecule has 6 heteroatoms. The van der Waals surface area contributed by atoms with Crippen LogP contribution >= 0.6 is 12.2 Å². The molecule has 0 radical (unpaired) electrons. The molecule has 152 valence electrons. The average molecular weight is 394 g/mol. The third kappa shape index (κ3) is 8.45. The monoisotopic (exact) mass is 393 g/mol. The van der Waals surface area contributed by atoms with Crippen molar-refractivity contribution in [2.75, 3.05) is 53.0 Å². The van der Waals surface area contributed by atoms with Crippen molar-refractivity contribution < 1.29 is 9.47 Å². The highest BCUT2D eigenvalue weighted by molar-refractivity contribution is 7.80. The van der Waals surface area contributed by atoms with Crippen LogP contribution in [-0.2, 0) is 11.3 Å². The van der Waals surface area contributed by atoms with Crippen LogP contribution in [0.25, 0.3) is 0 Å². The number of rotatable bonds is 11.